The summed E-state index contributed by atoms with van der Waals surface area (Å²) in [7, 11) is 0. The van der Waals surface area contributed by atoms with E-state index in [1.54, 1.807) is 0 Å². The third-order valence-corrected chi connectivity index (χ3v) is 3.43. The highest BCUT2D eigenvalue weighted by molar-refractivity contribution is 5.55. The van der Waals surface area contributed by atoms with Crippen LogP contribution >= 0.6 is 0 Å². The Morgan fingerprint density at radius 3 is 2.43 bits per heavy atom. The number of aromatic nitrogens is 3. The van der Waals surface area contributed by atoms with Crippen LogP contribution in [-0.4, -0.2) is 32.8 Å². The van der Waals surface area contributed by atoms with Crippen LogP contribution in [0.1, 0.15) is 26.7 Å². The zero-order valence-electron chi connectivity index (χ0n) is 12.4. The Hall–Kier alpha value is -2.01. The van der Waals surface area contributed by atoms with Crippen molar-refractivity contribution in [1.29, 1.82) is 0 Å². The number of aliphatic hydroxyl groups excluding tert-OH is 1. The first-order chi connectivity index (χ1) is 10.2. The van der Waals surface area contributed by atoms with Gasteiger partial charge in [0, 0.05) is 5.56 Å². The summed E-state index contributed by atoms with van der Waals surface area (Å²) in [6.45, 7) is 4.47. The summed E-state index contributed by atoms with van der Waals surface area (Å²) in [6.07, 6.45) is 4.58. The van der Waals surface area contributed by atoms with Gasteiger partial charge in [-0.15, -0.1) is 0 Å². The monoisotopic (exact) mass is 287 g/mol. The zero-order chi connectivity index (χ0) is 15.1. The van der Waals surface area contributed by atoms with Crippen molar-refractivity contribution < 1.29 is 9.84 Å². The maximum Gasteiger partial charge on any atom is 0.162 e. The Morgan fingerprint density at radius 1 is 1.14 bits per heavy atom. The third kappa shape index (κ3) is 4.49. The molecule has 21 heavy (non-hydrogen) atoms. The fraction of sp³-hybridized carbons (Fsp3) is 0.438. The van der Waals surface area contributed by atoms with Gasteiger partial charge in [-0.25, -0.2) is 15.0 Å². The molecule has 1 heterocycles. The summed E-state index contributed by atoms with van der Waals surface area (Å²) < 4.78 is 5.62. The van der Waals surface area contributed by atoms with Gasteiger partial charge in [0.05, 0.1) is 6.10 Å². The molecule has 0 bridgehead atoms. The molecule has 2 aromatic rings. The van der Waals surface area contributed by atoms with Gasteiger partial charge in [0.1, 0.15) is 25.0 Å². The minimum absolute atomic E-state index is 0.250. The van der Waals surface area contributed by atoms with Gasteiger partial charge in [0.25, 0.3) is 0 Å². The molecule has 1 aromatic carbocycles. The van der Waals surface area contributed by atoms with E-state index in [1.807, 2.05) is 31.2 Å². The number of hydrogen-bond acceptors (Lipinski definition) is 5. The fourth-order valence-corrected chi connectivity index (χ4v) is 2.08. The molecule has 0 amide bonds. The molecule has 0 aliphatic carbocycles. The second-order valence-corrected chi connectivity index (χ2v) is 5.13. The number of ether oxygens (including phenoxy) is 1. The Labute approximate surface area is 125 Å². The number of aliphatic hydroxyl groups is 1. The Bertz CT molecular complexity index is 531. The van der Waals surface area contributed by atoms with Gasteiger partial charge in [-0.2, -0.15) is 0 Å². The molecule has 112 valence electrons. The average Bonchev–Trinajstić information content (AvgIpc) is 2.54. The molecule has 0 saturated carbocycles. The lowest BCUT2D eigenvalue weighted by atomic mass is 10.0. The van der Waals surface area contributed by atoms with Crippen molar-refractivity contribution in [3.8, 4) is 17.1 Å². The standard InChI is InChI=1S/C16H21N3O2/c1-3-4-12(2)15(20)9-21-14-7-5-13(6-8-14)16-18-10-17-11-19-16/h5-8,10-12,15,20H,3-4,9H2,1-2H3. The van der Waals surface area contributed by atoms with Gasteiger partial charge >= 0.3 is 0 Å². The summed E-state index contributed by atoms with van der Waals surface area (Å²) >= 11 is 0. The topological polar surface area (TPSA) is 68.1 Å². The van der Waals surface area contributed by atoms with E-state index in [4.69, 9.17) is 4.74 Å². The summed E-state index contributed by atoms with van der Waals surface area (Å²) in [5, 5.41) is 9.99. The molecule has 1 aromatic heterocycles. The number of nitrogens with zero attached hydrogens (tertiary/aromatic N) is 3. The normalized spacial score (nSPS) is 13.7. The number of benzene rings is 1. The maximum absolute atomic E-state index is 9.99. The van der Waals surface area contributed by atoms with E-state index in [-0.39, 0.29) is 5.92 Å². The smallest absolute Gasteiger partial charge is 0.162 e. The van der Waals surface area contributed by atoms with Crippen LogP contribution in [0.2, 0.25) is 0 Å². The Kier molecular flexibility index (Phi) is 5.63. The van der Waals surface area contributed by atoms with Gasteiger partial charge in [-0.3, -0.25) is 0 Å². The molecule has 5 nitrogen and oxygen atoms in total. The average molecular weight is 287 g/mol. The molecule has 0 spiro atoms. The quantitative estimate of drug-likeness (QED) is 0.848. The largest absolute Gasteiger partial charge is 0.491 e. The van der Waals surface area contributed by atoms with E-state index in [2.05, 4.69) is 21.9 Å². The van der Waals surface area contributed by atoms with Crippen molar-refractivity contribution in [2.45, 2.75) is 32.8 Å². The van der Waals surface area contributed by atoms with Crippen LogP contribution in [0.25, 0.3) is 11.4 Å². The lowest BCUT2D eigenvalue weighted by Crippen LogP contribution is -2.25. The van der Waals surface area contributed by atoms with E-state index in [0.717, 1.165) is 24.2 Å². The second-order valence-electron chi connectivity index (χ2n) is 5.13. The lowest BCUT2D eigenvalue weighted by Gasteiger charge is -2.18. The van der Waals surface area contributed by atoms with Crippen LogP contribution in [0.3, 0.4) is 0 Å². The van der Waals surface area contributed by atoms with Gasteiger partial charge in [-0.1, -0.05) is 20.3 Å². The first kappa shape index (κ1) is 15.4. The molecule has 0 aliphatic rings. The van der Waals surface area contributed by atoms with Crippen molar-refractivity contribution in [1.82, 2.24) is 15.0 Å². The Balaban J connectivity index is 1.91. The summed E-state index contributed by atoms with van der Waals surface area (Å²) in [5.41, 5.74) is 0.907. The van der Waals surface area contributed by atoms with E-state index in [9.17, 15) is 5.11 Å². The van der Waals surface area contributed by atoms with Crippen molar-refractivity contribution >= 4 is 0 Å². The first-order valence-electron chi connectivity index (χ1n) is 7.24. The van der Waals surface area contributed by atoms with Crippen molar-refractivity contribution in [3.63, 3.8) is 0 Å². The van der Waals surface area contributed by atoms with Crippen LogP contribution in [0.5, 0.6) is 5.75 Å². The van der Waals surface area contributed by atoms with Crippen LogP contribution in [0.4, 0.5) is 0 Å². The van der Waals surface area contributed by atoms with Crippen molar-refractivity contribution in [3.05, 3.63) is 36.9 Å². The number of rotatable bonds is 7. The molecule has 0 radical (unpaired) electrons. The van der Waals surface area contributed by atoms with E-state index in [1.165, 1.54) is 12.7 Å². The fourth-order valence-electron chi connectivity index (χ4n) is 2.08. The van der Waals surface area contributed by atoms with Crippen molar-refractivity contribution in [2.75, 3.05) is 6.61 Å². The molecule has 2 rings (SSSR count). The van der Waals surface area contributed by atoms with E-state index >= 15 is 0 Å². The summed E-state index contributed by atoms with van der Waals surface area (Å²) in [4.78, 5) is 12.0. The molecule has 5 heteroatoms. The maximum atomic E-state index is 9.99. The van der Waals surface area contributed by atoms with Crippen LogP contribution in [-0.2, 0) is 0 Å². The van der Waals surface area contributed by atoms with Gasteiger partial charge < -0.3 is 9.84 Å². The predicted octanol–water partition coefficient (Wildman–Crippen LogP) is 2.71. The Morgan fingerprint density at radius 2 is 1.81 bits per heavy atom. The van der Waals surface area contributed by atoms with Gasteiger partial charge in [-0.05, 0) is 36.6 Å². The molecular weight excluding hydrogens is 266 g/mol. The van der Waals surface area contributed by atoms with E-state index in [0.29, 0.717) is 12.4 Å². The SMILES string of the molecule is CCCC(C)C(O)COc1ccc(-c2ncncn2)cc1. The lowest BCUT2D eigenvalue weighted by molar-refractivity contribution is 0.0601. The zero-order valence-corrected chi connectivity index (χ0v) is 12.4. The molecule has 2 atom stereocenters. The highest BCUT2D eigenvalue weighted by atomic mass is 16.5. The molecular formula is C16H21N3O2. The highest BCUT2D eigenvalue weighted by Gasteiger charge is 2.14. The molecule has 0 aliphatic heterocycles. The molecule has 0 fully saturated rings. The second kappa shape index (κ2) is 7.69. The van der Waals surface area contributed by atoms with Crippen LogP contribution in [0.15, 0.2) is 36.9 Å². The van der Waals surface area contributed by atoms with E-state index < -0.39 is 6.10 Å². The first-order valence-corrected chi connectivity index (χ1v) is 7.24. The van der Waals surface area contributed by atoms with Crippen LogP contribution in [0, 0.1) is 5.92 Å². The van der Waals surface area contributed by atoms with Crippen molar-refractivity contribution in [2.24, 2.45) is 5.92 Å². The van der Waals surface area contributed by atoms with Gasteiger partial charge in [0.2, 0.25) is 0 Å². The summed E-state index contributed by atoms with van der Waals surface area (Å²) in [5.74, 6) is 1.61. The predicted molar refractivity (Wildman–Crippen MR) is 80.8 cm³/mol. The molecule has 2 unspecified atom stereocenters. The number of hydrogen-bond donors (Lipinski definition) is 1. The third-order valence-electron chi connectivity index (χ3n) is 3.43. The summed E-state index contributed by atoms with van der Waals surface area (Å²) in [6, 6.07) is 7.51. The minimum atomic E-state index is -0.437. The van der Waals surface area contributed by atoms with Crippen LogP contribution < -0.4 is 4.74 Å². The highest BCUT2D eigenvalue weighted by Crippen LogP contribution is 2.19. The van der Waals surface area contributed by atoms with Gasteiger partial charge in [0.15, 0.2) is 5.82 Å². The molecule has 0 saturated heterocycles. The minimum Gasteiger partial charge on any atom is -0.491 e. The molecule has 1 N–H and O–H groups in total.